The zero-order valence-corrected chi connectivity index (χ0v) is 37.4. The van der Waals surface area contributed by atoms with E-state index in [1.54, 1.807) is 56.1 Å². The van der Waals surface area contributed by atoms with Gasteiger partial charge in [-0.2, -0.15) is 0 Å². The van der Waals surface area contributed by atoms with Crippen LogP contribution in [0, 0.1) is 13.8 Å². The molecule has 0 aromatic heterocycles. The fraction of sp³-hybridized carbons (Fsp3) is 0.429. The summed E-state index contributed by atoms with van der Waals surface area (Å²) in [6, 6.07) is 26.8. The van der Waals surface area contributed by atoms with E-state index >= 15 is 0 Å². The third-order valence-electron chi connectivity index (χ3n) is 10.5. The topological polar surface area (TPSA) is 0 Å². The average molecular weight is 753 g/mol. The van der Waals surface area contributed by atoms with Crippen LogP contribution >= 0.6 is 0 Å². The maximum absolute atomic E-state index is 3.60. The van der Waals surface area contributed by atoms with E-state index in [1.807, 2.05) is 25.2 Å². The number of aryl methyl sites for hydroxylation is 10. The fourth-order valence-corrected chi connectivity index (χ4v) is 6.44. The van der Waals surface area contributed by atoms with Gasteiger partial charge in [-0.3, -0.25) is 0 Å². The average Bonchev–Trinajstić information content (AvgIpc) is 3.16. The summed E-state index contributed by atoms with van der Waals surface area (Å²) in [5.74, 6) is 0. The van der Waals surface area contributed by atoms with Crippen molar-refractivity contribution in [1.29, 1.82) is 0 Å². The Morgan fingerprint density at radius 2 is 1.02 bits per heavy atom. The van der Waals surface area contributed by atoms with Crippen LogP contribution in [-0.4, -0.2) is 0 Å². The van der Waals surface area contributed by atoms with Crippen LogP contribution in [0.25, 0.3) is 0 Å². The molecule has 4 aliphatic rings. The van der Waals surface area contributed by atoms with Gasteiger partial charge in [0.2, 0.25) is 0 Å². The van der Waals surface area contributed by atoms with Gasteiger partial charge in [0.1, 0.15) is 0 Å². The number of rotatable bonds is 8. The Morgan fingerprint density at radius 3 is 1.32 bits per heavy atom. The Balaban J connectivity index is 0.000000330. The first-order valence-corrected chi connectivity index (χ1v) is 22.0. The van der Waals surface area contributed by atoms with Crippen molar-refractivity contribution in [3.05, 3.63) is 190 Å². The smallest absolute Gasteiger partial charge is 0.0233 e. The molecule has 304 valence electrons. The summed E-state index contributed by atoms with van der Waals surface area (Å²) < 4.78 is 0. The first kappa shape index (κ1) is 49.9. The van der Waals surface area contributed by atoms with Crippen molar-refractivity contribution in [3.8, 4) is 0 Å². The Kier molecular flexibility index (Phi) is 27.6. The summed E-state index contributed by atoms with van der Waals surface area (Å²) in [5.41, 5.74) is 18.6. The molecule has 56 heavy (non-hydrogen) atoms. The van der Waals surface area contributed by atoms with Gasteiger partial charge in [-0.15, -0.1) is 26.3 Å². The zero-order chi connectivity index (χ0) is 41.6. The number of hydrogen-bond donors (Lipinski definition) is 0. The minimum Gasteiger partial charge on any atom is -0.103 e. The first-order chi connectivity index (χ1) is 27.2. The van der Waals surface area contributed by atoms with Crippen LogP contribution in [0.1, 0.15) is 147 Å². The molecular weight excluding hydrogens is 673 g/mol. The summed E-state index contributed by atoms with van der Waals surface area (Å²) in [6.45, 7) is 31.0. The van der Waals surface area contributed by atoms with Crippen LogP contribution in [0.4, 0.5) is 0 Å². The predicted molar refractivity (Wildman–Crippen MR) is 255 cm³/mol. The number of unbranched alkanes of at least 4 members (excludes halogenated alkanes) is 3. The van der Waals surface area contributed by atoms with E-state index in [0.29, 0.717) is 0 Å². The third kappa shape index (κ3) is 18.7. The maximum atomic E-state index is 3.60. The lowest BCUT2D eigenvalue weighted by Gasteiger charge is -2.21. The Morgan fingerprint density at radius 1 is 0.500 bits per heavy atom. The van der Waals surface area contributed by atoms with E-state index in [2.05, 4.69) is 148 Å². The third-order valence-corrected chi connectivity index (χ3v) is 10.5. The summed E-state index contributed by atoms with van der Waals surface area (Å²) >= 11 is 0. The molecule has 4 aromatic rings. The molecule has 0 radical (unpaired) electrons. The molecule has 0 saturated carbocycles. The van der Waals surface area contributed by atoms with Gasteiger partial charge in [-0.25, -0.2) is 0 Å². The summed E-state index contributed by atoms with van der Waals surface area (Å²) in [4.78, 5) is 0. The molecule has 0 fully saturated rings. The normalized spacial score (nSPS) is 11.9. The Labute approximate surface area is 347 Å². The number of hydrogen-bond acceptors (Lipinski definition) is 0. The highest BCUT2D eigenvalue weighted by Crippen LogP contribution is 2.27. The molecule has 0 unspecified atom stereocenters. The summed E-state index contributed by atoms with van der Waals surface area (Å²) in [5, 5.41) is 0. The molecule has 0 spiro atoms. The van der Waals surface area contributed by atoms with Crippen LogP contribution in [0.3, 0.4) is 0 Å². The molecule has 0 saturated heterocycles. The molecule has 0 heteroatoms. The van der Waals surface area contributed by atoms with Crippen molar-refractivity contribution in [2.45, 2.75) is 158 Å². The molecule has 0 atom stereocenters. The maximum Gasteiger partial charge on any atom is -0.0233 e. The van der Waals surface area contributed by atoms with Crippen molar-refractivity contribution >= 4 is 0 Å². The van der Waals surface area contributed by atoms with E-state index in [-0.39, 0.29) is 0 Å². The molecular formula is C56H80. The van der Waals surface area contributed by atoms with Crippen molar-refractivity contribution in [2.24, 2.45) is 0 Å². The monoisotopic (exact) mass is 753 g/mol. The molecule has 0 nitrogen and oxygen atoms in total. The van der Waals surface area contributed by atoms with Crippen LogP contribution < -0.4 is 0 Å². The SMILES string of the molecule is C=CC.C=CCC.C=CCCC.C=CCCCC.CCc1ccc2c(c1)CC2.CCc1cccc2c1CC2.Cc1ccc2c(c1)CC2.Cc1cccc2c1CC2. The van der Waals surface area contributed by atoms with Crippen LogP contribution in [0.15, 0.2) is 123 Å². The van der Waals surface area contributed by atoms with Gasteiger partial charge in [-0.1, -0.05) is 157 Å². The van der Waals surface area contributed by atoms with Gasteiger partial charge >= 0.3 is 0 Å². The first-order valence-electron chi connectivity index (χ1n) is 22.0. The van der Waals surface area contributed by atoms with Gasteiger partial charge in [0.05, 0.1) is 0 Å². The minimum atomic E-state index is 1.08. The summed E-state index contributed by atoms with van der Waals surface area (Å²) in [7, 11) is 0. The van der Waals surface area contributed by atoms with Gasteiger partial charge in [0.25, 0.3) is 0 Å². The van der Waals surface area contributed by atoms with Gasteiger partial charge in [-0.05, 0) is 165 Å². The van der Waals surface area contributed by atoms with Crippen molar-refractivity contribution < 1.29 is 0 Å². The lowest BCUT2D eigenvalue weighted by Crippen LogP contribution is -2.10. The van der Waals surface area contributed by atoms with Crippen LogP contribution in [0.5, 0.6) is 0 Å². The number of fused-ring (bicyclic) bond motifs is 4. The lowest BCUT2D eigenvalue weighted by molar-refractivity contribution is 0.815. The second-order valence-electron chi connectivity index (χ2n) is 15.0. The van der Waals surface area contributed by atoms with Crippen molar-refractivity contribution in [2.75, 3.05) is 0 Å². The largest absolute Gasteiger partial charge is 0.103 e. The van der Waals surface area contributed by atoms with Crippen molar-refractivity contribution in [3.63, 3.8) is 0 Å². The van der Waals surface area contributed by atoms with E-state index in [9.17, 15) is 0 Å². The Bertz CT molecular complexity index is 1680. The highest BCUT2D eigenvalue weighted by Gasteiger charge is 2.15. The Hall–Kier alpha value is -4.16. The standard InChI is InChI=1S/2C10H12.2C9H10.C6H12.C5H10.C4H8.C3H6/c1-2-8-3-4-9-5-6-10(9)7-8;1-2-8-4-3-5-9-6-7-10(8)9;1-7-2-3-8-4-5-9(8)6-7;1-7-3-2-4-8-5-6-9(7)8;1-3-5-6-4-2;1-3-5-4-2;1-3-4-2;1-3-2/h3-4,7H,2,5-6H2,1H3;3-5H,2,6-7H2,1H3;2-3,6H,4-5H2,1H3;2-4H,5-6H2,1H3;3H,1,4-6H2,2H3;3H,1,4-5H2,2H3;3H,1,4H2,2H3;3H,1H2,2H3. The fourth-order valence-electron chi connectivity index (χ4n) is 6.44. The van der Waals surface area contributed by atoms with Gasteiger partial charge in [0.15, 0.2) is 0 Å². The molecule has 0 N–H and O–H groups in total. The van der Waals surface area contributed by atoms with E-state index in [1.165, 1.54) is 107 Å². The van der Waals surface area contributed by atoms with Crippen LogP contribution in [-0.2, 0) is 64.2 Å². The zero-order valence-electron chi connectivity index (χ0n) is 37.4. The van der Waals surface area contributed by atoms with Crippen molar-refractivity contribution in [1.82, 2.24) is 0 Å². The highest BCUT2D eigenvalue weighted by atomic mass is 14.2. The lowest BCUT2D eigenvalue weighted by atomic mass is 9.84. The predicted octanol–water partition coefficient (Wildman–Crippen LogP) is 16.0. The minimum absolute atomic E-state index is 1.08. The molecule has 0 aliphatic heterocycles. The molecule has 0 amide bonds. The number of allylic oxidation sites excluding steroid dienone is 4. The van der Waals surface area contributed by atoms with Gasteiger partial charge in [0, 0.05) is 0 Å². The molecule has 4 aliphatic carbocycles. The molecule has 0 bridgehead atoms. The highest BCUT2D eigenvalue weighted by molar-refractivity contribution is 5.42. The molecule has 4 aromatic carbocycles. The van der Waals surface area contributed by atoms with E-state index < -0.39 is 0 Å². The van der Waals surface area contributed by atoms with E-state index in [0.717, 1.165) is 12.8 Å². The second kappa shape index (κ2) is 31.0. The molecule has 0 heterocycles. The summed E-state index contributed by atoms with van der Waals surface area (Å²) in [6.07, 6.45) is 27.6. The van der Waals surface area contributed by atoms with Crippen LogP contribution in [0.2, 0.25) is 0 Å². The van der Waals surface area contributed by atoms with E-state index in [4.69, 9.17) is 0 Å². The number of benzene rings is 4. The second-order valence-corrected chi connectivity index (χ2v) is 15.0. The quantitative estimate of drug-likeness (QED) is 0.124. The molecule has 8 rings (SSSR count). The van der Waals surface area contributed by atoms with Gasteiger partial charge < -0.3 is 0 Å².